The standard InChI is InChI=1S/C16H25FO/c1-8-18-13-10-11(15(2,3)4)9-12(17)14(13)16(5,6)7/h9-10H,8H2,1-7H3. The van der Waals surface area contributed by atoms with Gasteiger partial charge in [-0.25, -0.2) is 4.39 Å². The van der Waals surface area contributed by atoms with E-state index in [0.29, 0.717) is 17.9 Å². The summed E-state index contributed by atoms with van der Waals surface area (Å²) in [6.07, 6.45) is 0. The molecule has 102 valence electrons. The van der Waals surface area contributed by atoms with Gasteiger partial charge in [0.25, 0.3) is 0 Å². The summed E-state index contributed by atoms with van der Waals surface area (Å²) < 4.78 is 20.0. The lowest BCUT2D eigenvalue weighted by Gasteiger charge is -2.27. The van der Waals surface area contributed by atoms with Crippen LogP contribution < -0.4 is 4.74 Å². The molecule has 0 aliphatic carbocycles. The van der Waals surface area contributed by atoms with Gasteiger partial charge in [-0.05, 0) is 35.4 Å². The van der Waals surface area contributed by atoms with Crippen LogP contribution in [-0.4, -0.2) is 6.61 Å². The molecule has 1 aromatic carbocycles. The first-order valence-corrected chi connectivity index (χ1v) is 6.54. The Hall–Kier alpha value is -1.05. The molecule has 0 heterocycles. The summed E-state index contributed by atoms with van der Waals surface area (Å²) in [5.74, 6) is 0.508. The Kier molecular flexibility index (Phi) is 4.09. The molecule has 1 rings (SSSR count). The lowest BCUT2D eigenvalue weighted by atomic mass is 9.81. The Morgan fingerprint density at radius 2 is 1.56 bits per heavy atom. The monoisotopic (exact) mass is 252 g/mol. The largest absolute Gasteiger partial charge is 0.493 e. The van der Waals surface area contributed by atoms with Gasteiger partial charge in [0.05, 0.1) is 6.61 Å². The van der Waals surface area contributed by atoms with E-state index < -0.39 is 0 Å². The minimum absolute atomic E-state index is 0.0803. The number of benzene rings is 1. The molecular formula is C16H25FO. The van der Waals surface area contributed by atoms with Gasteiger partial charge in [0.15, 0.2) is 0 Å². The van der Waals surface area contributed by atoms with Crippen LogP contribution in [0.2, 0.25) is 0 Å². The van der Waals surface area contributed by atoms with Gasteiger partial charge in [-0.1, -0.05) is 41.5 Å². The van der Waals surface area contributed by atoms with Crippen LogP contribution in [0, 0.1) is 5.82 Å². The summed E-state index contributed by atoms with van der Waals surface area (Å²) in [5, 5.41) is 0. The van der Waals surface area contributed by atoms with E-state index in [1.54, 1.807) is 6.07 Å². The van der Waals surface area contributed by atoms with Crippen LogP contribution in [0.1, 0.15) is 59.6 Å². The van der Waals surface area contributed by atoms with Crippen molar-refractivity contribution in [1.82, 2.24) is 0 Å². The third kappa shape index (κ3) is 3.24. The lowest BCUT2D eigenvalue weighted by molar-refractivity contribution is 0.323. The summed E-state index contributed by atoms with van der Waals surface area (Å²) in [4.78, 5) is 0. The molecule has 0 unspecified atom stereocenters. The first-order chi connectivity index (χ1) is 8.07. The molecule has 0 saturated carbocycles. The Labute approximate surface area is 110 Å². The van der Waals surface area contributed by atoms with E-state index in [0.717, 1.165) is 5.56 Å². The number of ether oxygens (including phenoxy) is 1. The Bertz CT molecular complexity index is 422. The maximum absolute atomic E-state index is 14.4. The zero-order valence-electron chi connectivity index (χ0n) is 12.6. The van der Waals surface area contributed by atoms with Gasteiger partial charge in [0.2, 0.25) is 0 Å². The van der Waals surface area contributed by atoms with Crippen molar-refractivity contribution >= 4 is 0 Å². The van der Waals surface area contributed by atoms with E-state index in [4.69, 9.17) is 4.74 Å². The zero-order valence-corrected chi connectivity index (χ0v) is 12.6. The molecule has 0 aliphatic rings. The van der Waals surface area contributed by atoms with E-state index in [1.165, 1.54) is 0 Å². The number of halogens is 1. The van der Waals surface area contributed by atoms with E-state index >= 15 is 0 Å². The van der Waals surface area contributed by atoms with E-state index in [-0.39, 0.29) is 16.6 Å². The molecule has 18 heavy (non-hydrogen) atoms. The SMILES string of the molecule is CCOc1cc(C(C)(C)C)cc(F)c1C(C)(C)C. The molecule has 0 atom stereocenters. The molecule has 0 aromatic heterocycles. The highest BCUT2D eigenvalue weighted by Gasteiger charge is 2.26. The fourth-order valence-electron chi connectivity index (χ4n) is 2.01. The topological polar surface area (TPSA) is 9.23 Å². The van der Waals surface area contributed by atoms with Crippen LogP contribution in [0.5, 0.6) is 5.75 Å². The highest BCUT2D eigenvalue weighted by Crippen LogP contribution is 2.37. The van der Waals surface area contributed by atoms with Crippen molar-refractivity contribution in [3.05, 3.63) is 29.1 Å². The van der Waals surface area contributed by atoms with Crippen molar-refractivity contribution in [3.8, 4) is 5.75 Å². The van der Waals surface area contributed by atoms with Gasteiger partial charge in [-0.15, -0.1) is 0 Å². The molecule has 0 N–H and O–H groups in total. The highest BCUT2D eigenvalue weighted by molar-refractivity contribution is 5.44. The maximum Gasteiger partial charge on any atom is 0.130 e. The van der Waals surface area contributed by atoms with Crippen molar-refractivity contribution in [2.45, 2.75) is 59.3 Å². The van der Waals surface area contributed by atoms with Crippen molar-refractivity contribution in [2.24, 2.45) is 0 Å². The van der Waals surface area contributed by atoms with Gasteiger partial charge in [0.1, 0.15) is 11.6 Å². The van der Waals surface area contributed by atoms with E-state index in [9.17, 15) is 4.39 Å². The normalized spacial score (nSPS) is 12.7. The predicted molar refractivity (Wildman–Crippen MR) is 75.0 cm³/mol. The van der Waals surface area contributed by atoms with Gasteiger partial charge in [-0.3, -0.25) is 0 Å². The van der Waals surface area contributed by atoms with Crippen molar-refractivity contribution in [1.29, 1.82) is 0 Å². The molecule has 1 aromatic rings. The van der Waals surface area contributed by atoms with Crippen LogP contribution >= 0.6 is 0 Å². The number of hydrogen-bond donors (Lipinski definition) is 0. The summed E-state index contributed by atoms with van der Waals surface area (Å²) in [7, 11) is 0. The Morgan fingerprint density at radius 1 is 1.00 bits per heavy atom. The fourth-order valence-corrected chi connectivity index (χ4v) is 2.01. The van der Waals surface area contributed by atoms with Crippen molar-refractivity contribution in [2.75, 3.05) is 6.61 Å². The Balaban J connectivity index is 3.46. The number of hydrogen-bond acceptors (Lipinski definition) is 1. The maximum atomic E-state index is 14.4. The second-order valence-corrected chi connectivity index (χ2v) is 6.76. The van der Waals surface area contributed by atoms with Gasteiger partial charge < -0.3 is 4.74 Å². The van der Waals surface area contributed by atoms with Gasteiger partial charge >= 0.3 is 0 Å². The van der Waals surface area contributed by atoms with Gasteiger partial charge in [0, 0.05) is 5.56 Å². The molecule has 0 bridgehead atoms. The van der Waals surface area contributed by atoms with Gasteiger partial charge in [-0.2, -0.15) is 0 Å². The first kappa shape index (κ1) is 15.0. The predicted octanol–water partition coefficient (Wildman–Crippen LogP) is 4.82. The average Bonchev–Trinajstić information content (AvgIpc) is 2.13. The van der Waals surface area contributed by atoms with Crippen LogP contribution in [0.4, 0.5) is 4.39 Å². The summed E-state index contributed by atoms with van der Waals surface area (Å²) in [6.45, 7) is 14.7. The second kappa shape index (κ2) is 4.91. The highest BCUT2D eigenvalue weighted by atomic mass is 19.1. The molecule has 0 saturated heterocycles. The molecule has 0 spiro atoms. The fraction of sp³-hybridized carbons (Fsp3) is 0.625. The van der Waals surface area contributed by atoms with Crippen LogP contribution in [0.15, 0.2) is 12.1 Å². The molecule has 2 heteroatoms. The lowest BCUT2D eigenvalue weighted by Crippen LogP contribution is -2.19. The minimum Gasteiger partial charge on any atom is -0.493 e. The quantitative estimate of drug-likeness (QED) is 0.733. The smallest absolute Gasteiger partial charge is 0.130 e. The minimum atomic E-state index is -0.259. The van der Waals surface area contributed by atoms with E-state index in [2.05, 4.69) is 20.8 Å². The molecule has 0 radical (unpaired) electrons. The van der Waals surface area contributed by atoms with Crippen LogP contribution in [0.3, 0.4) is 0 Å². The molecule has 1 nitrogen and oxygen atoms in total. The first-order valence-electron chi connectivity index (χ1n) is 6.54. The number of rotatable bonds is 2. The van der Waals surface area contributed by atoms with Crippen molar-refractivity contribution in [3.63, 3.8) is 0 Å². The molecule has 0 aliphatic heterocycles. The Morgan fingerprint density at radius 3 is 1.94 bits per heavy atom. The van der Waals surface area contributed by atoms with Crippen LogP contribution in [0.25, 0.3) is 0 Å². The molecule has 0 fully saturated rings. The third-order valence-electron chi connectivity index (χ3n) is 2.97. The average molecular weight is 252 g/mol. The summed E-state index contributed by atoms with van der Waals surface area (Å²) in [5.41, 5.74) is 1.29. The zero-order chi connectivity index (χ0) is 14.1. The van der Waals surface area contributed by atoms with Crippen molar-refractivity contribution < 1.29 is 9.13 Å². The molecule has 0 amide bonds. The second-order valence-electron chi connectivity index (χ2n) is 6.76. The third-order valence-corrected chi connectivity index (χ3v) is 2.97. The summed E-state index contributed by atoms with van der Waals surface area (Å²) >= 11 is 0. The summed E-state index contributed by atoms with van der Waals surface area (Å²) in [6, 6.07) is 3.62. The molecular weight excluding hydrogens is 227 g/mol. The van der Waals surface area contributed by atoms with Crippen LogP contribution in [-0.2, 0) is 10.8 Å². The van der Waals surface area contributed by atoms with E-state index in [1.807, 2.05) is 33.8 Å².